The molecule has 10 heteroatoms. The number of carbonyl (C=O) groups is 4. The minimum atomic E-state index is -0.915. The summed E-state index contributed by atoms with van der Waals surface area (Å²) in [6.07, 6.45) is 1.64. The average Bonchev–Trinajstić information content (AvgIpc) is 3.39. The van der Waals surface area contributed by atoms with Crippen molar-refractivity contribution < 1.29 is 28.7 Å². The van der Waals surface area contributed by atoms with Crippen molar-refractivity contribution in [3.8, 4) is 5.75 Å². The quantitative estimate of drug-likeness (QED) is 0.309. The van der Waals surface area contributed by atoms with Crippen molar-refractivity contribution >= 4 is 34.4 Å². The third-order valence-electron chi connectivity index (χ3n) is 9.79. The highest BCUT2D eigenvalue weighted by atomic mass is 16.5. The van der Waals surface area contributed by atoms with Gasteiger partial charge in [0.1, 0.15) is 24.1 Å². The Hall–Kier alpha value is -4.18. The third-order valence-corrected chi connectivity index (χ3v) is 9.79. The molecule has 1 saturated carbocycles. The first-order chi connectivity index (χ1) is 21.2. The standard InChI is InChI=1S/C34H40N4O6/c1-34(2)23-17-38(33(42)26-16-22-24(36-26)12-7-13-28(22)43-3)30(29(23)34)32(41)37-25(15-21-11-8-14-35-31(21)40)27(39)19-44-18-20-9-5-4-6-10-20/h4-7,9-10,12-13,16,21,23,25,29-30,36H,8,11,14-15,17-19H2,1-3H3,(H,35,40)(H,37,41). The highest BCUT2D eigenvalue weighted by Gasteiger charge is 2.69. The van der Waals surface area contributed by atoms with Crippen LogP contribution in [0.15, 0.2) is 54.6 Å². The van der Waals surface area contributed by atoms with Gasteiger partial charge in [0.25, 0.3) is 5.91 Å². The monoisotopic (exact) mass is 600 g/mol. The van der Waals surface area contributed by atoms with Crippen LogP contribution >= 0.6 is 0 Å². The summed E-state index contributed by atoms with van der Waals surface area (Å²) in [6, 6.07) is 15.2. The summed E-state index contributed by atoms with van der Waals surface area (Å²) < 4.78 is 11.2. The second-order valence-electron chi connectivity index (χ2n) is 12.8. The summed E-state index contributed by atoms with van der Waals surface area (Å²) in [4.78, 5) is 59.0. The number of carbonyl (C=O) groups excluding carboxylic acids is 4. The molecule has 5 unspecified atom stereocenters. The van der Waals surface area contributed by atoms with E-state index in [9.17, 15) is 19.2 Å². The number of hydrogen-bond donors (Lipinski definition) is 3. The maximum atomic E-state index is 14.1. The number of Topliss-reactive ketones (excluding diaryl/α,β-unsaturated/α-hetero) is 1. The first-order valence-corrected chi connectivity index (χ1v) is 15.4. The molecule has 2 saturated heterocycles. The first-order valence-electron chi connectivity index (χ1n) is 15.4. The fourth-order valence-corrected chi connectivity index (χ4v) is 7.19. The molecule has 10 nitrogen and oxygen atoms in total. The highest BCUT2D eigenvalue weighted by Crippen LogP contribution is 2.65. The fourth-order valence-electron chi connectivity index (χ4n) is 7.19. The Kier molecular flexibility index (Phi) is 8.20. The maximum Gasteiger partial charge on any atom is 0.271 e. The number of ketones is 1. The summed E-state index contributed by atoms with van der Waals surface area (Å²) in [5.41, 5.74) is 1.97. The molecule has 3 amide bonds. The Morgan fingerprint density at radius 3 is 2.66 bits per heavy atom. The lowest BCUT2D eigenvalue weighted by molar-refractivity contribution is -0.134. The molecular weight excluding hydrogens is 560 g/mol. The number of aromatic nitrogens is 1. The van der Waals surface area contributed by atoms with Gasteiger partial charge in [-0.25, -0.2) is 0 Å². The number of piperidine rings is 2. The highest BCUT2D eigenvalue weighted by molar-refractivity contribution is 6.02. The molecule has 232 valence electrons. The lowest BCUT2D eigenvalue weighted by Gasteiger charge is -2.32. The number of H-pyrrole nitrogens is 1. The van der Waals surface area contributed by atoms with Gasteiger partial charge in [0, 0.05) is 29.9 Å². The van der Waals surface area contributed by atoms with Crippen LogP contribution in [0.25, 0.3) is 10.9 Å². The molecule has 0 bridgehead atoms. The molecule has 0 radical (unpaired) electrons. The molecule has 3 N–H and O–H groups in total. The summed E-state index contributed by atoms with van der Waals surface area (Å²) >= 11 is 0. The second kappa shape index (κ2) is 12.1. The van der Waals surface area contributed by atoms with E-state index in [1.807, 2.05) is 48.5 Å². The van der Waals surface area contributed by atoms with Gasteiger partial charge in [-0.3, -0.25) is 19.2 Å². The molecular formula is C34H40N4O6. The Morgan fingerprint density at radius 2 is 1.91 bits per heavy atom. The van der Waals surface area contributed by atoms with Gasteiger partial charge in [-0.05, 0) is 60.3 Å². The van der Waals surface area contributed by atoms with Crippen LogP contribution < -0.4 is 15.4 Å². The van der Waals surface area contributed by atoms with Crippen LogP contribution in [-0.2, 0) is 25.7 Å². The molecule has 44 heavy (non-hydrogen) atoms. The van der Waals surface area contributed by atoms with E-state index in [4.69, 9.17) is 9.47 Å². The Balaban J connectivity index is 1.21. The molecule has 5 atom stereocenters. The summed E-state index contributed by atoms with van der Waals surface area (Å²) in [7, 11) is 1.58. The van der Waals surface area contributed by atoms with Crippen molar-refractivity contribution in [2.75, 3.05) is 26.8 Å². The van der Waals surface area contributed by atoms with E-state index in [0.29, 0.717) is 31.0 Å². The predicted octanol–water partition coefficient (Wildman–Crippen LogP) is 3.46. The summed E-state index contributed by atoms with van der Waals surface area (Å²) in [5, 5.41) is 6.64. The number of amides is 3. The van der Waals surface area contributed by atoms with Gasteiger partial charge in [-0.2, -0.15) is 0 Å². The average molecular weight is 601 g/mol. The number of nitrogens with one attached hydrogen (secondary N) is 3. The van der Waals surface area contributed by atoms with Gasteiger partial charge in [0.15, 0.2) is 5.78 Å². The number of ether oxygens (including phenoxy) is 2. The molecule has 3 heterocycles. The van der Waals surface area contributed by atoms with Crippen LogP contribution in [0.4, 0.5) is 0 Å². The normalized spacial score (nSPS) is 24.3. The van der Waals surface area contributed by atoms with E-state index < -0.39 is 12.1 Å². The van der Waals surface area contributed by atoms with Crippen molar-refractivity contribution in [2.24, 2.45) is 23.2 Å². The van der Waals surface area contributed by atoms with Crippen LogP contribution in [0.3, 0.4) is 0 Å². The molecule has 0 spiro atoms. The zero-order valence-electron chi connectivity index (χ0n) is 25.4. The fraction of sp³-hybridized carbons (Fsp3) is 0.471. The molecule has 3 aliphatic rings. The van der Waals surface area contributed by atoms with Crippen LogP contribution in [0, 0.1) is 23.2 Å². The number of benzene rings is 2. The smallest absolute Gasteiger partial charge is 0.271 e. The Morgan fingerprint density at radius 1 is 1.11 bits per heavy atom. The summed E-state index contributed by atoms with van der Waals surface area (Å²) in [6.45, 7) is 5.35. The summed E-state index contributed by atoms with van der Waals surface area (Å²) in [5.74, 6) is -0.640. The molecule has 3 fully saturated rings. The number of likely N-dealkylation sites (tertiary alicyclic amines) is 1. The molecule has 6 rings (SSSR count). The van der Waals surface area contributed by atoms with Gasteiger partial charge >= 0.3 is 0 Å². The van der Waals surface area contributed by atoms with Gasteiger partial charge in [0.2, 0.25) is 11.8 Å². The molecule has 1 aliphatic carbocycles. The van der Waals surface area contributed by atoms with Crippen LogP contribution in [0.2, 0.25) is 0 Å². The van der Waals surface area contributed by atoms with E-state index in [1.54, 1.807) is 18.1 Å². The van der Waals surface area contributed by atoms with Gasteiger partial charge in [-0.15, -0.1) is 0 Å². The second-order valence-corrected chi connectivity index (χ2v) is 12.8. The van der Waals surface area contributed by atoms with Crippen molar-refractivity contribution in [3.05, 3.63) is 65.9 Å². The molecule has 3 aromatic rings. The molecule has 2 aromatic carbocycles. The topological polar surface area (TPSA) is 130 Å². The number of rotatable bonds is 11. The molecule has 2 aliphatic heterocycles. The van der Waals surface area contributed by atoms with E-state index >= 15 is 0 Å². The largest absolute Gasteiger partial charge is 0.496 e. The number of methoxy groups -OCH3 is 1. The Bertz CT molecular complexity index is 1570. The SMILES string of the molecule is COc1cccc2[nH]c(C(=O)N3CC4C(C3C(=O)NC(CC3CCCNC3=O)C(=O)COCc3ccccc3)C4(C)C)cc12. The number of aromatic amines is 1. The van der Waals surface area contributed by atoms with Crippen LogP contribution in [-0.4, -0.2) is 72.3 Å². The van der Waals surface area contributed by atoms with Crippen LogP contribution in [0.1, 0.15) is 49.2 Å². The van der Waals surface area contributed by atoms with Crippen molar-refractivity contribution in [2.45, 2.75) is 51.8 Å². The third kappa shape index (κ3) is 5.70. The van der Waals surface area contributed by atoms with E-state index in [1.165, 1.54) is 0 Å². The predicted molar refractivity (Wildman–Crippen MR) is 164 cm³/mol. The minimum Gasteiger partial charge on any atom is -0.496 e. The van der Waals surface area contributed by atoms with E-state index in [-0.39, 0.29) is 66.3 Å². The van der Waals surface area contributed by atoms with Crippen LogP contribution in [0.5, 0.6) is 5.75 Å². The number of hydrogen-bond acceptors (Lipinski definition) is 6. The van der Waals surface area contributed by atoms with E-state index in [0.717, 1.165) is 22.9 Å². The molecule has 1 aromatic heterocycles. The van der Waals surface area contributed by atoms with Gasteiger partial charge in [-0.1, -0.05) is 50.2 Å². The van der Waals surface area contributed by atoms with Gasteiger partial charge < -0.3 is 30.0 Å². The lowest BCUT2D eigenvalue weighted by atomic mass is 9.89. The Labute approximate surface area is 256 Å². The maximum absolute atomic E-state index is 14.1. The zero-order chi connectivity index (χ0) is 31.0. The van der Waals surface area contributed by atoms with Crippen molar-refractivity contribution in [1.29, 1.82) is 0 Å². The zero-order valence-corrected chi connectivity index (χ0v) is 25.4. The minimum absolute atomic E-state index is 0.0339. The van der Waals surface area contributed by atoms with Crippen molar-refractivity contribution in [3.63, 3.8) is 0 Å². The number of fused-ring (bicyclic) bond motifs is 2. The van der Waals surface area contributed by atoms with Gasteiger partial charge in [0.05, 0.1) is 19.8 Å². The number of nitrogens with zero attached hydrogens (tertiary/aromatic N) is 1. The first kappa shape index (κ1) is 29.9. The van der Waals surface area contributed by atoms with Crippen molar-refractivity contribution in [1.82, 2.24) is 20.5 Å². The van der Waals surface area contributed by atoms with E-state index in [2.05, 4.69) is 29.5 Å². The lowest BCUT2D eigenvalue weighted by Crippen LogP contribution is -2.55.